The average molecular weight is 334 g/mol. The highest BCUT2D eigenvalue weighted by Crippen LogP contribution is 2.24. The summed E-state index contributed by atoms with van der Waals surface area (Å²) in [5.41, 5.74) is 0.941. The molecule has 2 atom stereocenters. The minimum Gasteiger partial charge on any atom is -0.368 e. The largest absolute Gasteiger partial charge is 0.368 e. The molecule has 122 valence electrons. The zero-order valence-corrected chi connectivity index (χ0v) is 13.7. The van der Waals surface area contributed by atoms with Crippen molar-refractivity contribution in [3.8, 4) is 6.07 Å². The van der Waals surface area contributed by atoms with Crippen LogP contribution in [0.3, 0.4) is 0 Å². The van der Waals surface area contributed by atoms with Crippen LogP contribution in [0.15, 0.2) is 24.3 Å². The lowest BCUT2D eigenvalue weighted by atomic mass is 10.1. The molecule has 0 aromatic heterocycles. The van der Waals surface area contributed by atoms with Crippen LogP contribution in [0.4, 0.5) is 0 Å². The number of amides is 1. The number of nitriles is 1. The van der Waals surface area contributed by atoms with Gasteiger partial charge in [0.15, 0.2) is 0 Å². The Morgan fingerprint density at radius 1 is 1.26 bits per heavy atom. The van der Waals surface area contributed by atoms with E-state index in [1.54, 1.807) is 12.1 Å². The molecule has 0 radical (unpaired) electrons. The summed E-state index contributed by atoms with van der Waals surface area (Å²) in [6.07, 6.45) is 1.53. The molecule has 1 amide bonds. The lowest BCUT2D eigenvalue weighted by Crippen LogP contribution is -2.51. The van der Waals surface area contributed by atoms with Crippen molar-refractivity contribution in [2.75, 3.05) is 32.8 Å². The van der Waals surface area contributed by atoms with Gasteiger partial charge in [0.05, 0.1) is 6.07 Å². The van der Waals surface area contributed by atoms with Gasteiger partial charge in [-0.1, -0.05) is 23.7 Å². The van der Waals surface area contributed by atoms with Gasteiger partial charge in [-0.05, 0) is 30.5 Å². The molecule has 5 nitrogen and oxygen atoms in total. The molecule has 0 spiro atoms. The van der Waals surface area contributed by atoms with E-state index in [0.717, 1.165) is 18.4 Å². The van der Waals surface area contributed by atoms with Gasteiger partial charge in [0.1, 0.15) is 12.1 Å². The first-order valence-electron chi connectivity index (χ1n) is 7.98. The Kier molecular flexibility index (Phi) is 5.16. The molecule has 2 aliphatic heterocycles. The standard InChI is InChI=1S/C17H20ClN3O2/c18-14-5-3-13(4-6-14)15(12-19)20-7-9-21(10-8-20)17(22)16-2-1-11-23-16/h3-6,15-16H,1-2,7-11H2. The molecule has 2 aliphatic rings. The SMILES string of the molecule is N#CC(c1ccc(Cl)cc1)N1CCN(C(=O)C2CCCO2)CC1. The third-order valence-corrected chi connectivity index (χ3v) is 4.76. The maximum absolute atomic E-state index is 12.4. The minimum absolute atomic E-state index is 0.0992. The molecule has 2 saturated heterocycles. The van der Waals surface area contributed by atoms with Crippen LogP contribution in [0.5, 0.6) is 0 Å². The van der Waals surface area contributed by atoms with Crippen LogP contribution >= 0.6 is 11.6 Å². The van der Waals surface area contributed by atoms with Gasteiger partial charge < -0.3 is 9.64 Å². The van der Waals surface area contributed by atoms with Crippen molar-refractivity contribution in [2.45, 2.75) is 25.0 Å². The Morgan fingerprint density at radius 2 is 1.96 bits per heavy atom. The molecule has 0 aliphatic carbocycles. The van der Waals surface area contributed by atoms with Crippen molar-refractivity contribution in [3.63, 3.8) is 0 Å². The zero-order chi connectivity index (χ0) is 16.2. The van der Waals surface area contributed by atoms with Gasteiger partial charge in [-0.15, -0.1) is 0 Å². The number of piperazine rings is 1. The molecule has 1 aromatic carbocycles. The van der Waals surface area contributed by atoms with Crippen molar-refractivity contribution in [1.29, 1.82) is 5.26 Å². The highest BCUT2D eigenvalue weighted by molar-refractivity contribution is 6.30. The predicted molar refractivity (Wildman–Crippen MR) is 86.9 cm³/mol. The highest BCUT2D eigenvalue weighted by Gasteiger charge is 2.32. The molecular weight excluding hydrogens is 314 g/mol. The number of carbonyl (C=O) groups is 1. The molecule has 0 N–H and O–H groups in total. The quantitative estimate of drug-likeness (QED) is 0.851. The van der Waals surface area contributed by atoms with Crippen LogP contribution < -0.4 is 0 Å². The Morgan fingerprint density at radius 3 is 2.52 bits per heavy atom. The van der Waals surface area contributed by atoms with Gasteiger partial charge >= 0.3 is 0 Å². The van der Waals surface area contributed by atoms with Crippen molar-refractivity contribution >= 4 is 17.5 Å². The van der Waals surface area contributed by atoms with Crippen molar-refractivity contribution in [1.82, 2.24) is 9.80 Å². The fourth-order valence-corrected chi connectivity index (χ4v) is 3.31. The van der Waals surface area contributed by atoms with E-state index < -0.39 is 0 Å². The van der Waals surface area contributed by atoms with Gasteiger partial charge in [0.2, 0.25) is 0 Å². The van der Waals surface area contributed by atoms with Crippen LogP contribution in [0.2, 0.25) is 5.02 Å². The van der Waals surface area contributed by atoms with E-state index in [1.807, 2.05) is 17.0 Å². The molecule has 23 heavy (non-hydrogen) atoms. The second kappa shape index (κ2) is 7.31. The topological polar surface area (TPSA) is 56.6 Å². The van der Waals surface area contributed by atoms with E-state index in [2.05, 4.69) is 11.0 Å². The smallest absolute Gasteiger partial charge is 0.251 e. The lowest BCUT2D eigenvalue weighted by Gasteiger charge is -2.37. The van der Waals surface area contributed by atoms with Gasteiger partial charge in [0, 0.05) is 37.8 Å². The maximum atomic E-state index is 12.4. The van der Waals surface area contributed by atoms with Gasteiger partial charge in [-0.3, -0.25) is 9.69 Å². The number of halogens is 1. The fourth-order valence-electron chi connectivity index (χ4n) is 3.19. The average Bonchev–Trinajstić information content (AvgIpc) is 3.12. The van der Waals surface area contributed by atoms with Crippen LogP contribution in [0, 0.1) is 11.3 Å². The summed E-state index contributed by atoms with van der Waals surface area (Å²) in [5, 5.41) is 10.2. The summed E-state index contributed by atoms with van der Waals surface area (Å²) in [6.45, 7) is 3.36. The second-order valence-corrected chi connectivity index (χ2v) is 6.38. The third-order valence-electron chi connectivity index (χ3n) is 4.50. The zero-order valence-electron chi connectivity index (χ0n) is 12.9. The lowest BCUT2D eigenvalue weighted by molar-refractivity contribution is -0.142. The molecule has 0 bridgehead atoms. The number of nitrogens with zero attached hydrogens (tertiary/aromatic N) is 3. The van der Waals surface area contributed by atoms with Gasteiger partial charge in [0.25, 0.3) is 5.91 Å². The molecule has 3 rings (SSSR count). The first kappa shape index (κ1) is 16.3. The molecule has 2 unspecified atom stereocenters. The van der Waals surface area contributed by atoms with Gasteiger partial charge in [-0.25, -0.2) is 0 Å². The summed E-state index contributed by atoms with van der Waals surface area (Å²) in [7, 11) is 0. The monoisotopic (exact) mass is 333 g/mol. The maximum Gasteiger partial charge on any atom is 0.251 e. The summed E-state index contributed by atoms with van der Waals surface area (Å²) in [4.78, 5) is 16.3. The molecule has 2 heterocycles. The first-order valence-corrected chi connectivity index (χ1v) is 8.36. The molecule has 0 saturated carbocycles. The predicted octanol–water partition coefficient (Wildman–Crippen LogP) is 2.23. The Labute approximate surface area is 141 Å². The number of carbonyl (C=O) groups excluding carboxylic acids is 1. The van der Waals surface area contributed by atoms with Crippen LogP contribution in [-0.4, -0.2) is 54.6 Å². The van der Waals surface area contributed by atoms with Crippen molar-refractivity contribution in [3.05, 3.63) is 34.9 Å². The summed E-state index contributed by atoms with van der Waals surface area (Å²) in [5.74, 6) is 0.0992. The number of hydrogen-bond acceptors (Lipinski definition) is 4. The summed E-state index contributed by atoms with van der Waals surface area (Å²) >= 11 is 5.91. The fraction of sp³-hybridized carbons (Fsp3) is 0.529. The van der Waals surface area contributed by atoms with E-state index in [4.69, 9.17) is 16.3 Å². The Balaban J connectivity index is 1.60. The highest BCUT2D eigenvalue weighted by atomic mass is 35.5. The van der Waals surface area contributed by atoms with E-state index in [-0.39, 0.29) is 18.1 Å². The van der Waals surface area contributed by atoms with E-state index in [1.165, 1.54) is 0 Å². The van der Waals surface area contributed by atoms with Crippen LogP contribution in [0.25, 0.3) is 0 Å². The Bertz CT molecular complexity index is 585. The number of hydrogen-bond donors (Lipinski definition) is 0. The number of ether oxygens (including phenoxy) is 1. The van der Waals surface area contributed by atoms with Crippen LogP contribution in [0.1, 0.15) is 24.4 Å². The molecule has 1 aromatic rings. The minimum atomic E-state index is -0.299. The normalized spacial score (nSPS) is 23.5. The van der Waals surface area contributed by atoms with Crippen molar-refractivity contribution in [2.24, 2.45) is 0 Å². The molecule has 2 fully saturated rings. The van der Waals surface area contributed by atoms with Crippen molar-refractivity contribution < 1.29 is 9.53 Å². The first-order chi connectivity index (χ1) is 11.2. The van der Waals surface area contributed by atoms with E-state index in [0.29, 0.717) is 37.8 Å². The van der Waals surface area contributed by atoms with Crippen LogP contribution in [-0.2, 0) is 9.53 Å². The summed E-state index contributed by atoms with van der Waals surface area (Å²) in [6, 6.07) is 9.45. The number of benzene rings is 1. The van der Waals surface area contributed by atoms with Gasteiger partial charge in [-0.2, -0.15) is 5.26 Å². The van der Waals surface area contributed by atoms with E-state index >= 15 is 0 Å². The summed E-state index contributed by atoms with van der Waals surface area (Å²) < 4.78 is 5.47. The second-order valence-electron chi connectivity index (χ2n) is 5.95. The Hall–Kier alpha value is -1.61. The molecule has 6 heteroatoms. The van der Waals surface area contributed by atoms with E-state index in [9.17, 15) is 10.1 Å². The third kappa shape index (κ3) is 3.66. The number of rotatable bonds is 3. The molecular formula is C17H20ClN3O2.